The Morgan fingerprint density at radius 3 is 2.67 bits per heavy atom. The molecule has 3 heteroatoms. The summed E-state index contributed by atoms with van der Waals surface area (Å²) >= 11 is 5.80. The van der Waals surface area contributed by atoms with Crippen molar-refractivity contribution in [2.24, 2.45) is 0 Å². The fourth-order valence-electron chi connectivity index (χ4n) is 0.811. The Labute approximate surface area is 76.8 Å². The van der Waals surface area contributed by atoms with Gasteiger partial charge in [0.05, 0.1) is 12.8 Å². The van der Waals surface area contributed by atoms with E-state index in [0.29, 0.717) is 10.9 Å². The van der Waals surface area contributed by atoms with E-state index in [2.05, 4.69) is 11.6 Å². The van der Waals surface area contributed by atoms with Crippen molar-refractivity contribution in [3.8, 4) is 5.75 Å². The number of hydrogen-bond donors (Lipinski definition) is 0. The molecule has 0 atom stereocenters. The molecule has 0 bridgehead atoms. The summed E-state index contributed by atoms with van der Waals surface area (Å²) in [7, 11) is 1.56. The second-order valence-corrected chi connectivity index (χ2v) is 2.83. The van der Waals surface area contributed by atoms with Crippen LogP contribution in [0.5, 0.6) is 5.75 Å². The summed E-state index contributed by atoms with van der Waals surface area (Å²) in [4.78, 5) is 4.08. The van der Waals surface area contributed by atoms with Crippen molar-refractivity contribution in [3.05, 3.63) is 29.6 Å². The van der Waals surface area contributed by atoms with Crippen molar-refractivity contribution in [2.45, 2.75) is 6.92 Å². The van der Waals surface area contributed by atoms with Crippen LogP contribution in [0.3, 0.4) is 0 Å². The quantitative estimate of drug-likeness (QED) is 0.658. The van der Waals surface area contributed by atoms with Crippen molar-refractivity contribution in [1.82, 2.24) is 4.98 Å². The van der Waals surface area contributed by atoms with Gasteiger partial charge in [0.25, 0.3) is 0 Å². The first-order chi connectivity index (χ1) is 5.65. The highest BCUT2D eigenvalue weighted by Gasteiger charge is 2.02. The van der Waals surface area contributed by atoms with Gasteiger partial charge in [-0.15, -0.1) is 0 Å². The molecule has 1 rings (SSSR count). The van der Waals surface area contributed by atoms with Gasteiger partial charge in [-0.05, 0) is 24.6 Å². The molecular weight excluding hydrogens is 174 g/mol. The first-order valence-corrected chi connectivity index (χ1v) is 3.89. The minimum atomic E-state index is 0.373. The summed E-state index contributed by atoms with van der Waals surface area (Å²) in [6.45, 7) is 5.64. The normalized spacial score (nSPS) is 9.58. The number of hydrogen-bond acceptors (Lipinski definition) is 2. The molecule has 1 heterocycles. The van der Waals surface area contributed by atoms with Crippen molar-refractivity contribution in [1.29, 1.82) is 0 Å². The molecule has 0 unspecified atom stereocenters. The van der Waals surface area contributed by atoms with Crippen LogP contribution in [0, 0.1) is 0 Å². The molecular formula is C9H10ClNO. The van der Waals surface area contributed by atoms with Gasteiger partial charge in [-0.3, -0.25) is 0 Å². The monoisotopic (exact) mass is 183 g/mol. The number of nitrogens with zero attached hydrogens (tertiary/aromatic N) is 1. The first kappa shape index (κ1) is 9.07. The van der Waals surface area contributed by atoms with Gasteiger partial charge in [-0.1, -0.05) is 18.2 Å². The van der Waals surface area contributed by atoms with Crippen LogP contribution in [-0.2, 0) is 0 Å². The number of aromatic nitrogens is 1. The van der Waals surface area contributed by atoms with E-state index in [1.165, 1.54) is 0 Å². The number of pyridine rings is 1. The highest BCUT2D eigenvalue weighted by atomic mass is 35.5. The average molecular weight is 184 g/mol. The molecule has 0 aliphatic carbocycles. The average Bonchev–Trinajstić information content (AvgIpc) is 2.04. The Kier molecular flexibility index (Phi) is 2.71. The molecule has 1 aromatic heterocycles. The summed E-state index contributed by atoms with van der Waals surface area (Å²) in [6, 6.07) is 3.60. The second kappa shape index (κ2) is 3.59. The van der Waals surface area contributed by atoms with Gasteiger partial charge < -0.3 is 4.74 Å². The smallest absolute Gasteiger partial charge is 0.171 e. The highest BCUT2D eigenvalue weighted by molar-refractivity contribution is 6.30. The highest BCUT2D eigenvalue weighted by Crippen LogP contribution is 2.23. The van der Waals surface area contributed by atoms with Gasteiger partial charge in [0.1, 0.15) is 0 Å². The molecule has 0 fully saturated rings. The minimum Gasteiger partial charge on any atom is -0.494 e. The Morgan fingerprint density at radius 1 is 1.58 bits per heavy atom. The van der Waals surface area contributed by atoms with E-state index in [1.54, 1.807) is 13.2 Å². The van der Waals surface area contributed by atoms with Crippen LogP contribution in [0.1, 0.15) is 12.6 Å². The topological polar surface area (TPSA) is 22.1 Å². The van der Waals surface area contributed by atoms with E-state index in [9.17, 15) is 0 Å². The van der Waals surface area contributed by atoms with Crippen LogP contribution in [0.2, 0.25) is 5.15 Å². The van der Waals surface area contributed by atoms with Gasteiger partial charge in [0, 0.05) is 0 Å². The van der Waals surface area contributed by atoms with Crippen LogP contribution in [0.15, 0.2) is 18.7 Å². The zero-order valence-electron chi connectivity index (χ0n) is 7.10. The van der Waals surface area contributed by atoms with E-state index in [1.807, 2.05) is 13.0 Å². The van der Waals surface area contributed by atoms with E-state index in [-0.39, 0.29) is 0 Å². The van der Waals surface area contributed by atoms with Gasteiger partial charge in [-0.25, -0.2) is 4.98 Å². The molecule has 12 heavy (non-hydrogen) atoms. The molecule has 64 valence electrons. The van der Waals surface area contributed by atoms with E-state index in [0.717, 1.165) is 11.3 Å². The Hall–Kier alpha value is -1.02. The summed E-state index contributed by atoms with van der Waals surface area (Å²) in [5.74, 6) is 0.585. The van der Waals surface area contributed by atoms with Crippen LogP contribution in [0.25, 0.3) is 5.57 Å². The second-order valence-electron chi connectivity index (χ2n) is 2.47. The molecule has 0 saturated carbocycles. The molecule has 0 radical (unpaired) electrons. The minimum absolute atomic E-state index is 0.373. The third kappa shape index (κ3) is 1.77. The van der Waals surface area contributed by atoms with Crippen LogP contribution in [0.4, 0.5) is 0 Å². The maximum atomic E-state index is 5.80. The molecule has 0 aromatic carbocycles. The molecule has 0 N–H and O–H groups in total. The Morgan fingerprint density at radius 2 is 2.25 bits per heavy atom. The molecule has 2 nitrogen and oxygen atoms in total. The predicted molar refractivity (Wildman–Crippen MR) is 50.5 cm³/mol. The summed E-state index contributed by atoms with van der Waals surface area (Å²) in [5.41, 5.74) is 1.68. The van der Waals surface area contributed by atoms with E-state index < -0.39 is 0 Å². The van der Waals surface area contributed by atoms with E-state index >= 15 is 0 Å². The number of halogens is 1. The number of ether oxygens (including phenoxy) is 1. The lowest BCUT2D eigenvalue weighted by atomic mass is 10.2. The van der Waals surface area contributed by atoms with Gasteiger partial charge in [-0.2, -0.15) is 0 Å². The molecule has 0 aliphatic rings. The molecule has 0 amide bonds. The largest absolute Gasteiger partial charge is 0.494 e. The summed E-state index contributed by atoms with van der Waals surface area (Å²) < 4.78 is 4.96. The van der Waals surface area contributed by atoms with Gasteiger partial charge in [0.15, 0.2) is 10.9 Å². The molecule has 0 saturated heterocycles. The number of allylic oxidation sites excluding steroid dienone is 1. The van der Waals surface area contributed by atoms with Crippen molar-refractivity contribution < 1.29 is 4.74 Å². The third-order valence-corrected chi connectivity index (χ3v) is 1.74. The van der Waals surface area contributed by atoms with Gasteiger partial charge >= 0.3 is 0 Å². The predicted octanol–water partition coefficient (Wildman–Crippen LogP) is 2.78. The van der Waals surface area contributed by atoms with E-state index in [4.69, 9.17) is 16.3 Å². The molecule has 0 aliphatic heterocycles. The first-order valence-electron chi connectivity index (χ1n) is 3.51. The fraction of sp³-hybridized carbons (Fsp3) is 0.222. The lowest BCUT2D eigenvalue weighted by Gasteiger charge is -2.03. The Bertz CT molecular complexity index is 309. The maximum absolute atomic E-state index is 5.80. The van der Waals surface area contributed by atoms with Crippen molar-refractivity contribution in [2.75, 3.05) is 7.11 Å². The SMILES string of the molecule is C=C(C)c1ccc(OC)c(Cl)n1. The van der Waals surface area contributed by atoms with Crippen LogP contribution >= 0.6 is 11.6 Å². The zero-order valence-corrected chi connectivity index (χ0v) is 7.85. The summed E-state index contributed by atoms with van der Waals surface area (Å²) in [6.07, 6.45) is 0. The standard InChI is InChI=1S/C9H10ClNO/c1-6(2)7-4-5-8(12-3)9(10)11-7/h4-5H,1H2,2-3H3. The van der Waals surface area contributed by atoms with Gasteiger partial charge in [0.2, 0.25) is 0 Å². The number of methoxy groups -OCH3 is 1. The Balaban J connectivity index is 3.10. The zero-order chi connectivity index (χ0) is 9.14. The number of rotatable bonds is 2. The molecule has 1 aromatic rings. The lowest BCUT2D eigenvalue weighted by molar-refractivity contribution is 0.413. The third-order valence-electron chi connectivity index (χ3n) is 1.47. The van der Waals surface area contributed by atoms with Crippen LogP contribution < -0.4 is 4.74 Å². The van der Waals surface area contributed by atoms with Crippen molar-refractivity contribution in [3.63, 3.8) is 0 Å². The summed E-state index contributed by atoms with van der Waals surface area (Å²) in [5, 5.41) is 0.373. The van der Waals surface area contributed by atoms with Crippen LogP contribution in [-0.4, -0.2) is 12.1 Å². The maximum Gasteiger partial charge on any atom is 0.171 e. The van der Waals surface area contributed by atoms with Crippen molar-refractivity contribution >= 4 is 17.2 Å². The fourth-order valence-corrected chi connectivity index (χ4v) is 1.04. The molecule has 0 spiro atoms. The lowest BCUT2D eigenvalue weighted by Crippen LogP contribution is -1.90.